The van der Waals surface area contributed by atoms with Crippen molar-refractivity contribution in [3.05, 3.63) is 29.8 Å². The van der Waals surface area contributed by atoms with Crippen LogP contribution in [0.15, 0.2) is 24.3 Å². The first kappa shape index (κ1) is 15.0. The van der Waals surface area contributed by atoms with E-state index in [9.17, 15) is 0 Å². The van der Waals surface area contributed by atoms with Gasteiger partial charge in [0.2, 0.25) is 0 Å². The summed E-state index contributed by atoms with van der Waals surface area (Å²) in [6.45, 7) is 11.5. The van der Waals surface area contributed by atoms with Crippen LogP contribution in [0.25, 0.3) is 0 Å². The van der Waals surface area contributed by atoms with Crippen LogP contribution < -0.4 is 10.5 Å². The van der Waals surface area contributed by atoms with Gasteiger partial charge in [0.15, 0.2) is 0 Å². The Labute approximate surface area is 112 Å². The molecule has 0 saturated carbocycles. The lowest BCUT2D eigenvalue weighted by atomic mass is 9.76. The molecular formula is C16H27NO. The zero-order valence-corrected chi connectivity index (χ0v) is 12.4. The Bertz CT molecular complexity index is 356. The van der Waals surface area contributed by atoms with Gasteiger partial charge in [-0.1, -0.05) is 32.9 Å². The molecule has 0 aliphatic rings. The molecule has 0 bridgehead atoms. The smallest absolute Gasteiger partial charge is 0.119 e. The molecule has 1 rings (SSSR count). The van der Waals surface area contributed by atoms with Crippen LogP contribution in [-0.4, -0.2) is 12.6 Å². The summed E-state index contributed by atoms with van der Waals surface area (Å²) >= 11 is 0. The standard InChI is InChI=1S/C16H27NO/c1-12(2)10-16(5,11-17)14-6-8-15(9-7-14)18-13(3)4/h6-9,12-13H,10-11,17H2,1-5H3. The van der Waals surface area contributed by atoms with E-state index >= 15 is 0 Å². The average Bonchev–Trinajstić information content (AvgIpc) is 2.28. The minimum atomic E-state index is 0.0600. The number of hydrogen-bond donors (Lipinski definition) is 1. The number of nitrogens with two attached hydrogens (primary N) is 1. The normalized spacial score (nSPS) is 14.9. The molecule has 0 amide bonds. The van der Waals surface area contributed by atoms with Crippen molar-refractivity contribution in [1.82, 2.24) is 0 Å². The largest absolute Gasteiger partial charge is 0.491 e. The molecule has 0 radical (unpaired) electrons. The van der Waals surface area contributed by atoms with Crippen LogP contribution in [0, 0.1) is 5.92 Å². The van der Waals surface area contributed by atoms with E-state index < -0.39 is 0 Å². The van der Waals surface area contributed by atoms with E-state index in [2.05, 4.69) is 32.9 Å². The molecule has 2 N–H and O–H groups in total. The highest BCUT2D eigenvalue weighted by Gasteiger charge is 2.25. The minimum absolute atomic E-state index is 0.0600. The maximum atomic E-state index is 5.97. The van der Waals surface area contributed by atoms with E-state index in [0.717, 1.165) is 12.2 Å². The summed E-state index contributed by atoms with van der Waals surface area (Å²) in [5.41, 5.74) is 7.34. The van der Waals surface area contributed by atoms with E-state index in [0.29, 0.717) is 12.5 Å². The molecule has 1 aromatic carbocycles. The van der Waals surface area contributed by atoms with E-state index in [4.69, 9.17) is 10.5 Å². The first-order chi connectivity index (χ1) is 8.37. The molecule has 0 heterocycles. The molecular weight excluding hydrogens is 222 g/mol. The van der Waals surface area contributed by atoms with E-state index in [-0.39, 0.29) is 11.5 Å². The summed E-state index contributed by atoms with van der Waals surface area (Å²) in [6.07, 6.45) is 1.32. The van der Waals surface area contributed by atoms with E-state index in [1.54, 1.807) is 0 Å². The third-order valence-corrected chi connectivity index (χ3v) is 3.23. The third kappa shape index (κ3) is 4.02. The molecule has 102 valence electrons. The van der Waals surface area contributed by atoms with Crippen molar-refractivity contribution in [2.45, 2.75) is 52.6 Å². The van der Waals surface area contributed by atoms with Crippen molar-refractivity contribution in [2.75, 3.05) is 6.54 Å². The summed E-state index contributed by atoms with van der Waals surface area (Å²) in [6, 6.07) is 8.38. The van der Waals surface area contributed by atoms with Gasteiger partial charge in [0.25, 0.3) is 0 Å². The Morgan fingerprint density at radius 1 is 1.11 bits per heavy atom. The van der Waals surface area contributed by atoms with Crippen molar-refractivity contribution in [3.63, 3.8) is 0 Å². The Morgan fingerprint density at radius 3 is 2.06 bits per heavy atom. The first-order valence-electron chi connectivity index (χ1n) is 6.84. The van der Waals surface area contributed by atoms with Crippen LogP contribution in [0.2, 0.25) is 0 Å². The van der Waals surface area contributed by atoms with Gasteiger partial charge in [0.1, 0.15) is 5.75 Å². The first-order valence-corrected chi connectivity index (χ1v) is 6.84. The van der Waals surface area contributed by atoms with Crippen LogP contribution in [0.4, 0.5) is 0 Å². The summed E-state index contributed by atoms with van der Waals surface area (Å²) in [5, 5.41) is 0. The summed E-state index contributed by atoms with van der Waals surface area (Å²) < 4.78 is 5.67. The fourth-order valence-corrected chi connectivity index (χ4v) is 2.43. The monoisotopic (exact) mass is 249 g/mol. The predicted octanol–water partition coefficient (Wildman–Crippen LogP) is 3.74. The Morgan fingerprint density at radius 2 is 1.67 bits per heavy atom. The molecule has 0 fully saturated rings. The lowest BCUT2D eigenvalue weighted by molar-refractivity contribution is 0.242. The van der Waals surface area contributed by atoms with E-state index in [1.165, 1.54) is 5.56 Å². The van der Waals surface area contributed by atoms with Gasteiger partial charge in [-0.15, -0.1) is 0 Å². The summed E-state index contributed by atoms with van der Waals surface area (Å²) in [7, 11) is 0. The molecule has 0 saturated heterocycles. The highest BCUT2D eigenvalue weighted by molar-refractivity contribution is 5.32. The maximum absolute atomic E-state index is 5.97. The quantitative estimate of drug-likeness (QED) is 0.833. The molecule has 2 nitrogen and oxygen atoms in total. The third-order valence-electron chi connectivity index (χ3n) is 3.23. The summed E-state index contributed by atoms with van der Waals surface area (Å²) in [5.74, 6) is 1.57. The van der Waals surface area contributed by atoms with Gasteiger partial charge in [-0.2, -0.15) is 0 Å². The van der Waals surface area contributed by atoms with E-state index in [1.807, 2.05) is 26.0 Å². The number of hydrogen-bond acceptors (Lipinski definition) is 2. The fourth-order valence-electron chi connectivity index (χ4n) is 2.43. The molecule has 1 atom stereocenters. The number of benzene rings is 1. The van der Waals surface area contributed by atoms with Gasteiger partial charge in [-0.3, -0.25) is 0 Å². The second-order valence-corrected chi connectivity index (χ2v) is 6.05. The SMILES string of the molecule is CC(C)CC(C)(CN)c1ccc(OC(C)C)cc1. The lowest BCUT2D eigenvalue weighted by Crippen LogP contribution is -2.33. The van der Waals surface area contributed by atoms with Crippen LogP contribution in [0.5, 0.6) is 5.75 Å². The van der Waals surface area contributed by atoms with Crippen LogP contribution in [-0.2, 0) is 5.41 Å². The average molecular weight is 249 g/mol. The minimum Gasteiger partial charge on any atom is -0.491 e. The zero-order valence-electron chi connectivity index (χ0n) is 12.4. The van der Waals surface area contributed by atoms with Crippen molar-refractivity contribution in [1.29, 1.82) is 0 Å². The predicted molar refractivity (Wildman–Crippen MR) is 78.1 cm³/mol. The second-order valence-electron chi connectivity index (χ2n) is 6.05. The van der Waals surface area contributed by atoms with Crippen LogP contribution in [0.1, 0.15) is 46.6 Å². The zero-order chi connectivity index (χ0) is 13.8. The number of ether oxygens (including phenoxy) is 1. The molecule has 18 heavy (non-hydrogen) atoms. The van der Waals surface area contributed by atoms with Gasteiger partial charge >= 0.3 is 0 Å². The van der Waals surface area contributed by atoms with Crippen molar-refractivity contribution < 1.29 is 4.74 Å². The van der Waals surface area contributed by atoms with Gasteiger partial charge < -0.3 is 10.5 Å². The van der Waals surface area contributed by atoms with Gasteiger partial charge in [-0.25, -0.2) is 0 Å². The maximum Gasteiger partial charge on any atom is 0.119 e. The molecule has 1 aromatic rings. The molecule has 2 heteroatoms. The fraction of sp³-hybridized carbons (Fsp3) is 0.625. The molecule has 0 aliphatic carbocycles. The molecule has 1 unspecified atom stereocenters. The highest BCUT2D eigenvalue weighted by Crippen LogP contribution is 2.31. The van der Waals surface area contributed by atoms with Crippen LogP contribution >= 0.6 is 0 Å². The van der Waals surface area contributed by atoms with Crippen molar-refractivity contribution >= 4 is 0 Å². The second kappa shape index (κ2) is 6.24. The van der Waals surface area contributed by atoms with Crippen LogP contribution in [0.3, 0.4) is 0 Å². The number of rotatable bonds is 6. The Hall–Kier alpha value is -1.02. The van der Waals surface area contributed by atoms with Crippen molar-refractivity contribution in [2.24, 2.45) is 11.7 Å². The Balaban J connectivity index is 2.87. The van der Waals surface area contributed by atoms with Gasteiger partial charge in [-0.05, 0) is 43.9 Å². The molecule has 0 aromatic heterocycles. The molecule has 0 aliphatic heterocycles. The Kier molecular flexibility index (Phi) is 5.21. The lowest BCUT2D eigenvalue weighted by Gasteiger charge is -2.30. The van der Waals surface area contributed by atoms with Gasteiger partial charge in [0.05, 0.1) is 6.10 Å². The van der Waals surface area contributed by atoms with Gasteiger partial charge in [0, 0.05) is 12.0 Å². The van der Waals surface area contributed by atoms with Crippen molar-refractivity contribution in [3.8, 4) is 5.75 Å². The topological polar surface area (TPSA) is 35.2 Å². The summed E-state index contributed by atoms with van der Waals surface area (Å²) in [4.78, 5) is 0. The molecule has 0 spiro atoms. The highest BCUT2D eigenvalue weighted by atomic mass is 16.5.